The first-order valence-corrected chi connectivity index (χ1v) is 8.15. The van der Waals surface area contributed by atoms with Gasteiger partial charge in [-0.05, 0) is 43.2 Å². The lowest BCUT2D eigenvalue weighted by molar-refractivity contribution is -0.118. The second-order valence-electron chi connectivity index (χ2n) is 5.21. The van der Waals surface area contributed by atoms with Gasteiger partial charge in [-0.15, -0.1) is 0 Å². The number of benzene rings is 1. The fourth-order valence-electron chi connectivity index (χ4n) is 2.30. The van der Waals surface area contributed by atoms with E-state index >= 15 is 0 Å². The van der Waals surface area contributed by atoms with Crippen LogP contribution in [0.5, 0.6) is 5.75 Å². The SMILES string of the molecule is COc1cccc(CC2SC(=Nc3cccc(C)n3)NC2=O)c1. The van der Waals surface area contributed by atoms with Crippen molar-refractivity contribution in [2.45, 2.75) is 18.6 Å². The normalized spacial score (nSPS) is 19.0. The van der Waals surface area contributed by atoms with E-state index in [2.05, 4.69) is 15.3 Å². The van der Waals surface area contributed by atoms with E-state index in [1.165, 1.54) is 11.8 Å². The highest BCUT2D eigenvalue weighted by atomic mass is 32.2. The molecule has 1 unspecified atom stereocenters. The highest BCUT2D eigenvalue weighted by molar-refractivity contribution is 8.15. The third-order valence-corrected chi connectivity index (χ3v) is 4.50. The number of carbonyl (C=O) groups is 1. The Bertz CT molecular complexity index is 761. The molecule has 0 saturated carbocycles. The van der Waals surface area contributed by atoms with Gasteiger partial charge in [0.05, 0.1) is 12.4 Å². The Balaban J connectivity index is 1.72. The Morgan fingerprint density at radius 1 is 1.30 bits per heavy atom. The molecule has 1 N–H and O–H groups in total. The van der Waals surface area contributed by atoms with E-state index in [4.69, 9.17) is 4.74 Å². The third kappa shape index (κ3) is 3.90. The van der Waals surface area contributed by atoms with Crippen LogP contribution >= 0.6 is 11.8 Å². The van der Waals surface area contributed by atoms with Crippen molar-refractivity contribution in [3.63, 3.8) is 0 Å². The zero-order valence-electron chi connectivity index (χ0n) is 12.9. The standard InChI is InChI=1S/C17H17N3O2S/c1-11-5-3-8-15(18-11)19-17-20-16(21)14(23-17)10-12-6-4-7-13(9-12)22-2/h3-9,14H,10H2,1-2H3,(H,18,19,20,21). The second kappa shape index (κ2) is 6.83. The van der Waals surface area contributed by atoms with Gasteiger partial charge in [-0.2, -0.15) is 0 Å². The van der Waals surface area contributed by atoms with Crippen LogP contribution in [0.3, 0.4) is 0 Å². The van der Waals surface area contributed by atoms with Gasteiger partial charge in [-0.25, -0.2) is 9.98 Å². The molecule has 1 aromatic carbocycles. The van der Waals surface area contributed by atoms with Crippen molar-refractivity contribution in [1.82, 2.24) is 10.3 Å². The maximum Gasteiger partial charge on any atom is 0.239 e. The summed E-state index contributed by atoms with van der Waals surface area (Å²) in [6.45, 7) is 1.91. The van der Waals surface area contributed by atoms with Crippen molar-refractivity contribution < 1.29 is 9.53 Å². The molecule has 6 heteroatoms. The van der Waals surface area contributed by atoms with E-state index in [1.807, 2.05) is 49.4 Å². The zero-order chi connectivity index (χ0) is 16.2. The molecule has 2 heterocycles. The van der Waals surface area contributed by atoms with Gasteiger partial charge in [0.15, 0.2) is 11.0 Å². The van der Waals surface area contributed by atoms with Gasteiger partial charge in [0, 0.05) is 5.69 Å². The molecule has 1 aliphatic heterocycles. The van der Waals surface area contributed by atoms with Crippen molar-refractivity contribution in [2.24, 2.45) is 4.99 Å². The molecule has 2 aromatic rings. The Labute approximate surface area is 139 Å². The summed E-state index contributed by atoms with van der Waals surface area (Å²) in [5.41, 5.74) is 1.96. The van der Waals surface area contributed by atoms with Gasteiger partial charge in [0.2, 0.25) is 5.91 Å². The molecule has 1 aliphatic rings. The molecule has 0 radical (unpaired) electrons. The van der Waals surface area contributed by atoms with Crippen LogP contribution < -0.4 is 10.1 Å². The average Bonchev–Trinajstić information content (AvgIpc) is 2.87. The summed E-state index contributed by atoms with van der Waals surface area (Å²) < 4.78 is 5.22. The number of aryl methyl sites for hydroxylation is 1. The smallest absolute Gasteiger partial charge is 0.239 e. The third-order valence-electron chi connectivity index (χ3n) is 3.42. The summed E-state index contributed by atoms with van der Waals surface area (Å²) in [5, 5.41) is 3.23. The Morgan fingerprint density at radius 2 is 2.13 bits per heavy atom. The molecule has 1 atom stereocenters. The number of aliphatic imine (C=N–C) groups is 1. The van der Waals surface area contributed by atoms with Crippen molar-refractivity contribution >= 4 is 28.7 Å². The highest BCUT2D eigenvalue weighted by Gasteiger charge is 2.30. The quantitative estimate of drug-likeness (QED) is 0.938. The predicted octanol–water partition coefficient (Wildman–Crippen LogP) is 2.86. The fourth-order valence-corrected chi connectivity index (χ4v) is 3.32. The number of pyridine rings is 1. The molecule has 0 aliphatic carbocycles. The molecule has 23 heavy (non-hydrogen) atoms. The van der Waals surface area contributed by atoms with E-state index in [9.17, 15) is 4.79 Å². The Morgan fingerprint density at radius 3 is 2.91 bits per heavy atom. The summed E-state index contributed by atoms with van der Waals surface area (Å²) in [5.74, 6) is 1.38. The maximum atomic E-state index is 12.1. The van der Waals surface area contributed by atoms with Crippen LogP contribution in [0, 0.1) is 6.92 Å². The Hall–Kier alpha value is -2.34. The van der Waals surface area contributed by atoms with E-state index < -0.39 is 0 Å². The zero-order valence-corrected chi connectivity index (χ0v) is 13.8. The van der Waals surface area contributed by atoms with Gasteiger partial charge in [0.1, 0.15) is 5.75 Å². The summed E-state index contributed by atoms with van der Waals surface area (Å²) in [6.07, 6.45) is 0.633. The number of aromatic nitrogens is 1. The van der Waals surface area contributed by atoms with Crippen molar-refractivity contribution in [2.75, 3.05) is 7.11 Å². The van der Waals surface area contributed by atoms with Crippen LogP contribution in [-0.4, -0.2) is 28.4 Å². The van der Waals surface area contributed by atoms with Crippen molar-refractivity contribution in [3.8, 4) is 5.75 Å². The van der Waals surface area contributed by atoms with Crippen molar-refractivity contribution in [1.29, 1.82) is 0 Å². The van der Waals surface area contributed by atoms with Gasteiger partial charge >= 0.3 is 0 Å². The van der Waals surface area contributed by atoms with E-state index in [0.717, 1.165) is 17.0 Å². The molecular weight excluding hydrogens is 310 g/mol. The second-order valence-corrected chi connectivity index (χ2v) is 6.40. The monoisotopic (exact) mass is 327 g/mol. The summed E-state index contributed by atoms with van der Waals surface area (Å²) in [4.78, 5) is 20.9. The van der Waals surface area contributed by atoms with E-state index in [1.54, 1.807) is 7.11 Å². The highest BCUT2D eigenvalue weighted by Crippen LogP contribution is 2.26. The predicted molar refractivity (Wildman–Crippen MR) is 92.3 cm³/mol. The number of methoxy groups -OCH3 is 1. The van der Waals surface area contributed by atoms with Gasteiger partial charge in [0.25, 0.3) is 0 Å². The maximum absolute atomic E-state index is 12.1. The number of ether oxygens (including phenoxy) is 1. The number of nitrogens with one attached hydrogen (secondary N) is 1. The van der Waals surface area contributed by atoms with Gasteiger partial charge in [-0.1, -0.05) is 30.0 Å². The van der Waals surface area contributed by atoms with E-state index in [-0.39, 0.29) is 11.2 Å². The molecule has 3 rings (SSSR count). The van der Waals surface area contributed by atoms with Gasteiger partial charge < -0.3 is 10.1 Å². The lowest BCUT2D eigenvalue weighted by Crippen LogP contribution is -2.26. The molecule has 0 spiro atoms. The summed E-state index contributed by atoms with van der Waals surface area (Å²) >= 11 is 1.44. The number of rotatable bonds is 4. The summed E-state index contributed by atoms with van der Waals surface area (Å²) in [6, 6.07) is 13.4. The largest absolute Gasteiger partial charge is 0.497 e. The molecule has 0 bridgehead atoms. The fraction of sp³-hybridized carbons (Fsp3) is 0.235. The van der Waals surface area contributed by atoms with E-state index in [0.29, 0.717) is 17.4 Å². The number of amides is 1. The number of hydrogen-bond acceptors (Lipinski definition) is 5. The number of carbonyl (C=O) groups excluding carboxylic acids is 1. The van der Waals surface area contributed by atoms with Crippen molar-refractivity contribution in [3.05, 3.63) is 53.7 Å². The molecule has 118 valence electrons. The minimum absolute atomic E-state index is 0.0239. The summed E-state index contributed by atoms with van der Waals surface area (Å²) in [7, 11) is 1.63. The van der Waals surface area contributed by atoms with Crippen LogP contribution in [0.2, 0.25) is 0 Å². The topological polar surface area (TPSA) is 63.6 Å². The number of nitrogens with zero attached hydrogens (tertiary/aromatic N) is 2. The average molecular weight is 327 g/mol. The van der Waals surface area contributed by atoms with Gasteiger partial charge in [-0.3, -0.25) is 4.79 Å². The van der Waals surface area contributed by atoms with Crippen LogP contribution in [0.15, 0.2) is 47.5 Å². The number of thioether (sulfide) groups is 1. The first-order valence-electron chi connectivity index (χ1n) is 7.27. The molecule has 1 aromatic heterocycles. The van der Waals surface area contributed by atoms with Crippen LogP contribution in [0.4, 0.5) is 5.82 Å². The molecule has 5 nitrogen and oxygen atoms in total. The van der Waals surface area contributed by atoms with Crippen LogP contribution in [0.25, 0.3) is 0 Å². The minimum Gasteiger partial charge on any atom is -0.497 e. The first-order chi connectivity index (χ1) is 11.1. The van der Waals surface area contributed by atoms with Crippen LogP contribution in [-0.2, 0) is 11.2 Å². The lowest BCUT2D eigenvalue weighted by Gasteiger charge is -2.07. The number of amidine groups is 1. The Kier molecular flexibility index (Phi) is 4.62. The molecular formula is C17H17N3O2S. The van der Waals surface area contributed by atoms with Crippen LogP contribution in [0.1, 0.15) is 11.3 Å². The number of hydrogen-bond donors (Lipinski definition) is 1. The minimum atomic E-state index is -0.189. The molecule has 1 fully saturated rings. The first kappa shape index (κ1) is 15.6. The molecule has 1 amide bonds. The molecule has 1 saturated heterocycles. The lowest BCUT2D eigenvalue weighted by atomic mass is 10.1.